The molecule has 0 saturated carbocycles. The first-order chi connectivity index (χ1) is 15.5. The van der Waals surface area contributed by atoms with Crippen molar-refractivity contribution >= 4 is 28.3 Å². The van der Waals surface area contributed by atoms with Crippen molar-refractivity contribution in [3.05, 3.63) is 53.3 Å². The summed E-state index contributed by atoms with van der Waals surface area (Å²) in [6.07, 6.45) is 5.76. The summed E-state index contributed by atoms with van der Waals surface area (Å²) in [5.74, 6) is 0.968. The molecule has 0 bridgehead atoms. The first-order valence-electron chi connectivity index (χ1n) is 11.4. The van der Waals surface area contributed by atoms with Crippen LogP contribution in [0.5, 0.6) is 0 Å². The lowest BCUT2D eigenvalue weighted by atomic mass is 9.94. The molecule has 1 aromatic carbocycles. The van der Waals surface area contributed by atoms with Gasteiger partial charge in [0.1, 0.15) is 5.58 Å². The van der Waals surface area contributed by atoms with Crippen molar-refractivity contribution < 1.29 is 13.9 Å². The number of ether oxygens (including phenoxy) is 1. The van der Waals surface area contributed by atoms with E-state index in [9.17, 15) is 4.79 Å². The van der Waals surface area contributed by atoms with Gasteiger partial charge in [-0.2, -0.15) is 0 Å². The third-order valence-corrected chi connectivity index (χ3v) is 6.68. The first kappa shape index (κ1) is 21.0. The molecular weight excluding hydrogens is 404 g/mol. The Labute approximate surface area is 187 Å². The molecule has 2 saturated heterocycles. The summed E-state index contributed by atoms with van der Waals surface area (Å²) in [5, 5.41) is 0.759. The van der Waals surface area contributed by atoms with Crippen LogP contribution in [0.4, 0.5) is 11.6 Å². The van der Waals surface area contributed by atoms with Crippen LogP contribution >= 0.6 is 0 Å². The van der Waals surface area contributed by atoms with Crippen molar-refractivity contribution in [2.75, 3.05) is 36.9 Å². The van der Waals surface area contributed by atoms with Crippen LogP contribution in [0.2, 0.25) is 0 Å². The first-order valence-corrected chi connectivity index (χ1v) is 11.4. The minimum Gasteiger partial charge on any atom is -0.440 e. The molecule has 2 aromatic heterocycles. The molecule has 4 heterocycles. The molecule has 0 aliphatic carbocycles. The van der Waals surface area contributed by atoms with E-state index in [1.54, 1.807) is 12.4 Å². The van der Waals surface area contributed by atoms with Crippen LogP contribution in [-0.4, -0.2) is 43.1 Å². The molecule has 1 unspecified atom stereocenters. The second-order valence-electron chi connectivity index (χ2n) is 9.27. The third-order valence-electron chi connectivity index (χ3n) is 6.68. The van der Waals surface area contributed by atoms with Crippen molar-refractivity contribution in [1.82, 2.24) is 4.98 Å². The van der Waals surface area contributed by atoms with Gasteiger partial charge in [0.2, 0.25) is 5.88 Å². The summed E-state index contributed by atoms with van der Waals surface area (Å²) in [4.78, 5) is 19.9. The number of hydrogen-bond acceptors (Lipinski definition) is 7. The Morgan fingerprint density at radius 1 is 1.28 bits per heavy atom. The molecule has 32 heavy (non-hydrogen) atoms. The van der Waals surface area contributed by atoms with Crippen LogP contribution in [0.3, 0.4) is 0 Å². The van der Waals surface area contributed by atoms with Crippen LogP contribution in [0.15, 0.2) is 41.1 Å². The number of furan rings is 1. The number of pyridine rings is 1. The Bertz CT molecular complexity index is 1130. The van der Waals surface area contributed by atoms with Gasteiger partial charge in [-0.05, 0) is 36.5 Å². The van der Waals surface area contributed by atoms with E-state index < -0.39 is 0 Å². The molecule has 3 atom stereocenters. The van der Waals surface area contributed by atoms with E-state index in [0.717, 1.165) is 61.3 Å². The summed E-state index contributed by atoms with van der Waals surface area (Å²) in [6, 6.07) is 8.10. The number of hydrogen-bond donors (Lipinski definition) is 2. The van der Waals surface area contributed by atoms with E-state index >= 15 is 0 Å². The number of benzene rings is 1. The van der Waals surface area contributed by atoms with Gasteiger partial charge in [-0.25, -0.2) is 0 Å². The molecule has 4 N–H and O–H groups in total. The predicted octanol–water partition coefficient (Wildman–Crippen LogP) is 3.51. The monoisotopic (exact) mass is 434 g/mol. The molecule has 0 amide bonds. The molecule has 3 aromatic rings. The Balaban J connectivity index is 1.43. The highest BCUT2D eigenvalue weighted by Crippen LogP contribution is 2.34. The Kier molecular flexibility index (Phi) is 5.61. The maximum absolute atomic E-state index is 13.4. The number of nitrogens with zero attached hydrogens (tertiary/aromatic N) is 2. The number of piperidine rings is 1. The number of aromatic nitrogens is 1. The standard InChI is InChI=1S/C25H30N4O3/c1-15-8-19(26)13-29(12-15)21-4-6-28-11-18(21)9-22(30)24-20-3-2-16(17-5-7-31-14-17)10-23(20)32-25(24)27/h2-4,6,10-11,15,17,19H,5,7-9,12-14,26-27H2,1H3/t15-,17?,19+/m1/s1. The Hall–Kier alpha value is -2.90. The van der Waals surface area contributed by atoms with Gasteiger partial charge >= 0.3 is 0 Å². The Morgan fingerprint density at radius 3 is 2.94 bits per heavy atom. The molecule has 2 aliphatic rings. The fourth-order valence-electron chi connectivity index (χ4n) is 5.19. The summed E-state index contributed by atoms with van der Waals surface area (Å²) < 4.78 is 11.3. The van der Waals surface area contributed by atoms with E-state index in [1.807, 2.05) is 18.2 Å². The van der Waals surface area contributed by atoms with Gasteiger partial charge in [0.25, 0.3) is 0 Å². The van der Waals surface area contributed by atoms with E-state index in [0.29, 0.717) is 23.0 Å². The molecule has 0 spiro atoms. The zero-order valence-electron chi connectivity index (χ0n) is 18.4. The second-order valence-corrected chi connectivity index (χ2v) is 9.27. The van der Waals surface area contributed by atoms with Gasteiger partial charge in [0.15, 0.2) is 5.78 Å². The molecular formula is C25H30N4O3. The normalized spacial score (nSPS) is 23.7. The van der Waals surface area contributed by atoms with Gasteiger partial charge in [-0.1, -0.05) is 19.1 Å². The van der Waals surface area contributed by atoms with Crippen LogP contribution in [0.25, 0.3) is 11.0 Å². The maximum atomic E-state index is 13.4. The number of nitrogens with two attached hydrogens (primary N) is 2. The van der Waals surface area contributed by atoms with Crippen molar-refractivity contribution in [2.45, 2.75) is 38.1 Å². The summed E-state index contributed by atoms with van der Waals surface area (Å²) >= 11 is 0. The van der Waals surface area contributed by atoms with Gasteiger partial charge < -0.3 is 25.5 Å². The van der Waals surface area contributed by atoms with E-state index in [1.165, 1.54) is 0 Å². The minimum absolute atomic E-state index is 0.0678. The minimum atomic E-state index is -0.0678. The fraction of sp³-hybridized carbons (Fsp3) is 0.440. The predicted molar refractivity (Wildman–Crippen MR) is 125 cm³/mol. The highest BCUT2D eigenvalue weighted by atomic mass is 16.5. The third kappa shape index (κ3) is 3.98. The SMILES string of the molecule is C[C@@H]1C[C@H](N)CN(c2ccncc2CC(=O)c2c(N)oc3cc(C4CCOC4)ccc23)C1. The van der Waals surface area contributed by atoms with Crippen LogP contribution in [0.1, 0.15) is 47.2 Å². The molecule has 5 rings (SSSR count). The molecule has 168 valence electrons. The quantitative estimate of drug-likeness (QED) is 0.592. The maximum Gasteiger partial charge on any atom is 0.202 e. The average Bonchev–Trinajstić information content (AvgIpc) is 3.40. The van der Waals surface area contributed by atoms with Gasteiger partial charge in [0.05, 0.1) is 12.2 Å². The van der Waals surface area contributed by atoms with Gasteiger partial charge in [-0.3, -0.25) is 9.78 Å². The number of fused-ring (bicyclic) bond motifs is 1. The van der Waals surface area contributed by atoms with Crippen molar-refractivity contribution in [3.8, 4) is 0 Å². The van der Waals surface area contributed by atoms with Crippen LogP contribution < -0.4 is 16.4 Å². The van der Waals surface area contributed by atoms with Crippen LogP contribution in [0, 0.1) is 5.92 Å². The largest absolute Gasteiger partial charge is 0.440 e. The number of carbonyl (C=O) groups excluding carboxylic acids is 1. The Morgan fingerprint density at radius 2 is 2.16 bits per heavy atom. The number of ketones is 1. The molecule has 7 nitrogen and oxygen atoms in total. The number of Topliss-reactive ketones (excluding diaryl/α,β-unsaturated/α-hetero) is 1. The summed E-state index contributed by atoms with van der Waals surface area (Å²) in [6.45, 7) is 5.41. The zero-order chi connectivity index (χ0) is 22.2. The molecule has 2 fully saturated rings. The van der Waals surface area contributed by atoms with E-state index in [2.05, 4.69) is 22.9 Å². The second kappa shape index (κ2) is 8.56. The average molecular weight is 435 g/mol. The van der Waals surface area contributed by atoms with Crippen LogP contribution in [-0.2, 0) is 11.2 Å². The highest BCUT2D eigenvalue weighted by molar-refractivity contribution is 6.12. The smallest absolute Gasteiger partial charge is 0.202 e. The number of carbonyl (C=O) groups is 1. The van der Waals surface area contributed by atoms with Crippen molar-refractivity contribution in [2.24, 2.45) is 11.7 Å². The van der Waals surface area contributed by atoms with Gasteiger partial charge in [-0.15, -0.1) is 0 Å². The van der Waals surface area contributed by atoms with E-state index in [-0.39, 0.29) is 24.1 Å². The number of nitrogen functional groups attached to an aromatic ring is 1. The molecule has 0 radical (unpaired) electrons. The molecule has 7 heteroatoms. The van der Waals surface area contributed by atoms with E-state index in [4.69, 9.17) is 20.6 Å². The number of rotatable bonds is 5. The molecule has 2 aliphatic heterocycles. The zero-order valence-corrected chi connectivity index (χ0v) is 18.4. The topological polar surface area (TPSA) is 108 Å². The highest BCUT2D eigenvalue weighted by Gasteiger charge is 2.26. The van der Waals surface area contributed by atoms with Crippen molar-refractivity contribution in [3.63, 3.8) is 0 Å². The number of anilines is 2. The summed E-state index contributed by atoms with van der Waals surface area (Å²) in [7, 11) is 0. The van der Waals surface area contributed by atoms with Gasteiger partial charge in [0, 0.05) is 67.1 Å². The lowest BCUT2D eigenvalue weighted by molar-refractivity contribution is 0.0995. The van der Waals surface area contributed by atoms with Crippen molar-refractivity contribution in [1.29, 1.82) is 0 Å². The lowest BCUT2D eigenvalue weighted by Crippen LogP contribution is -2.46. The lowest BCUT2D eigenvalue weighted by Gasteiger charge is -2.37. The fourth-order valence-corrected chi connectivity index (χ4v) is 5.19. The summed E-state index contributed by atoms with van der Waals surface area (Å²) in [5.41, 5.74) is 16.6.